The predicted octanol–water partition coefficient (Wildman–Crippen LogP) is 1.93. The molecule has 2 aliphatic carbocycles. The van der Waals surface area contributed by atoms with Gasteiger partial charge in [0.05, 0.1) is 0 Å². The SMILES string of the molecule is CCCC[N]N(C1CC1)C1CC1. The van der Waals surface area contributed by atoms with Gasteiger partial charge in [-0.3, -0.25) is 0 Å². The van der Waals surface area contributed by atoms with E-state index in [0.717, 1.165) is 18.6 Å². The molecule has 2 aliphatic rings. The molecule has 2 fully saturated rings. The Kier molecular flexibility index (Phi) is 2.66. The van der Waals surface area contributed by atoms with E-state index in [1.54, 1.807) is 0 Å². The summed E-state index contributed by atoms with van der Waals surface area (Å²) in [5.41, 5.74) is 4.67. The van der Waals surface area contributed by atoms with Gasteiger partial charge in [0.25, 0.3) is 0 Å². The summed E-state index contributed by atoms with van der Waals surface area (Å²) in [6.45, 7) is 3.29. The van der Waals surface area contributed by atoms with E-state index in [4.69, 9.17) is 0 Å². The van der Waals surface area contributed by atoms with Gasteiger partial charge in [0.15, 0.2) is 0 Å². The zero-order valence-corrected chi connectivity index (χ0v) is 8.00. The quantitative estimate of drug-likeness (QED) is 0.436. The highest BCUT2D eigenvalue weighted by atomic mass is 15.6. The molecule has 0 heterocycles. The van der Waals surface area contributed by atoms with Gasteiger partial charge in [0.1, 0.15) is 0 Å². The zero-order chi connectivity index (χ0) is 8.39. The smallest absolute Gasteiger partial charge is 0.0307 e. The molecule has 0 amide bonds. The van der Waals surface area contributed by atoms with Gasteiger partial charge < -0.3 is 0 Å². The van der Waals surface area contributed by atoms with Crippen LogP contribution < -0.4 is 5.43 Å². The van der Waals surface area contributed by atoms with Gasteiger partial charge in [-0.1, -0.05) is 13.3 Å². The lowest BCUT2D eigenvalue weighted by atomic mass is 10.3. The van der Waals surface area contributed by atoms with E-state index in [1.165, 1.54) is 38.5 Å². The maximum atomic E-state index is 4.67. The molecule has 0 aromatic heterocycles. The number of nitrogens with zero attached hydrogens (tertiary/aromatic N) is 2. The predicted molar refractivity (Wildman–Crippen MR) is 49.8 cm³/mol. The summed E-state index contributed by atoms with van der Waals surface area (Å²) in [6.07, 6.45) is 8.11. The maximum Gasteiger partial charge on any atom is 0.0307 e. The monoisotopic (exact) mass is 167 g/mol. The van der Waals surface area contributed by atoms with Crippen molar-refractivity contribution in [3.8, 4) is 0 Å². The molecule has 0 unspecified atom stereocenters. The van der Waals surface area contributed by atoms with Crippen LogP contribution in [0.3, 0.4) is 0 Å². The summed E-state index contributed by atoms with van der Waals surface area (Å²) < 4.78 is 0. The molecule has 0 aliphatic heterocycles. The van der Waals surface area contributed by atoms with Gasteiger partial charge >= 0.3 is 0 Å². The average molecular weight is 167 g/mol. The van der Waals surface area contributed by atoms with Crippen molar-refractivity contribution in [2.75, 3.05) is 6.54 Å². The van der Waals surface area contributed by atoms with E-state index in [9.17, 15) is 0 Å². The van der Waals surface area contributed by atoms with Crippen molar-refractivity contribution in [2.24, 2.45) is 0 Å². The highest BCUT2D eigenvalue weighted by molar-refractivity contribution is 4.92. The van der Waals surface area contributed by atoms with Gasteiger partial charge in [0, 0.05) is 18.6 Å². The summed E-state index contributed by atoms with van der Waals surface area (Å²) in [5.74, 6) is 0. The number of hydrogen-bond donors (Lipinski definition) is 0. The maximum absolute atomic E-state index is 4.67. The van der Waals surface area contributed by atoms with Crippen molar-refractivity contribution in [1.82, 2.24) is 10.4 Å². The molecule has 2 rings (SSSR count). The van der Waals surface area contributed by atoms with Crippen LogP contribution in [0.5, 0.6) is 0 Å². The van der Waals surface area contributed by atoms with Crippen LogP contribution in [0.1, 0.15) is 45.4 Å². The molecule has 0 spiro atoms. The first-order valence-corrected chi connectivity index (χ1v) is 5.37. The van der Waals surface area contributed by atoms with Crippen LogP contribution in [0.4, 0.5) is 0 Å². The van der Waals surface area contributed by atoms with Gasteiger partial charge in [-0.2, -0.15) is 5.43 Å². The molecule has 0 N–H and O–H groups in total. The zero-order valence-electron chi connectivity index (χ0n) is 8.00. The minimum atomic E-state index is 0.842. The highest BCUT2D eigenvalue weighted by Crippen LogP contribution is 2.35. The molecule has 69 valence electrons. The molecule has 2 saturated carbocycles. The highest BCUT2D eigenvalue weighted by Gasteiger charge is 2.39. The Morgan fingerprint density at radius 2 is 1.75 bits per heavy atom. The van der Waals surface area contributed by atoms with E-state index in [0.29, 0.717) is 0 Å². The third kappa shape index (κ3) is 2.20. The minimum Gasteiger partial charge on any atom is -0.221 e. The summed E-state index contributed by atoms with van der Waals surface area (Å²) in [6, 6.07) is 1.68. The van der Waals surface area contributed by atoms with E-state index in [-0.39, 0.29) is 0 Å². The number of hydrogen-bond acceptors (Lipinski definition) is 1. The Hall–Kier alpha value is -0.0800. The van der Waals surface area contributed by atoms with Crippen molar-refractivity contribution in [2.45, 2.75) is 57.5 Å². The fourth-order valence-corrected chi connectivity index (χ4v) is 1.55. The van der Waals surface area contributed by atoms with Crippen LogP contribution in [0.2, 0.25) is 0 Å². The molecule has 1 radical (unpaired) electrons. The van der Waals surface area contributed by atoms with Crippen LogP contribution in [0, 0.1) is 0 Å². The third-order valence-electron chi connectivity index (χ3n) is 2.62. The lowest BCUT2D eigenvalue weighted by Crippen LogP contribution is -2.36. The van der Waals surface area contributed by atoms with Crippen molar-refractivity contribution in [3.05, 3.63) is 0 Å². The Bertz CT molecular complexity index is 127. The fourth-order valence-electron chi connectivity index (χ4n) is 1.55. The number of rotatable bonds is 6. The van der Waals surface area contributed by atoms with E-state index in [1.807, 2.05) is 0 Å². The summed E-state index contributed by atoms with van der Waals surface area (Å²) in [7, 11) is 0. The van der Waals surface area contributed by atoms with E-state index >= 15 is 0 Å². The van der Waals surface area contributed by atoms with Crippen molar-refractivity contribution >= 4 is 0 Å². The summed E-state index contributed by atoms with van der Waals surface area (Å²) in [5, 5.41) is 2.41. The van der Waals surface area contributed by atoms with Crippen LogP contribution in [-0.2, 0) is 0 Å². The first-order valence-electron chi connectivity index (χ1n) is 5.37. The van der Waals surface area contributed by atoms with Crippen LogP contribution in [-0.4, -0.2) is 23.6 Å². The van der Waals surface area contributed by atoms with Crippen molar-refractivity contribution in [3.63, 3.8) is 0 Å². The molecule has 0 saturated heterocycles. The number of unbranched alkanes of at least 4 members (excludes halogenated alkanes) is 1. The first-order chi connectivity index (χ1) is 5.92. The molecular formula is C10H19N2. The third-order valence-corrected chi connectivity index (χ3v) is 2.62. The molecule has 2 nitrogen and oxygen atoms in total. The topological polar surface area (TPSA) is 17.3 Å². The largest absolute Gasteiger partial charge is 0.221 e. The molecular weight excluding hydrogens is 148 g/mol. The molecule has 2 heteroatoms. The summed E-state index contributed by atoms with van der Waals surface area (Å²) in [4.78, 5) is 0. The second kappa shape index (κ2) is 3.75. The summed E-state index contributed by atoms with van der Waals surface area (Å²) >= 11 is 0. The average Bonchev–Trinajstić information content (AvgIpc) is 2.87. The van der Waals surface area contributed by atoms with Crippen molar-refractivity contribution in [1.29, 1.82) is 0 Å². The normalized spacial score (nSPS) is 23.5. The van der Waals surface area contributed by atoms with Gasteiger partial charge in [-0.15, -0.1) is 0 Å². The van der Waals surface area contributed by atoms with Gasteiger partial charge in [0.2, 0.25) is 0 Å². The molecule has 0 atom stereocenters. The Morgan fingerprint density at radius 3 is 2.17 bits per heavy atom. The fraction of sp³-hybridized carbons (Fsp3) is 1.00. The van der Waals surface area contributed by atoms with Crippen LogP contribution in [0.25, 0.3) is 0 Å². The van der Waals surface area contributed by atoms with Crippen LogP contribution >= 0.6 is 0 Å². The van der Waals surface area contributed by atoms with Gasteiger partial charge in [-0.25, -0.2) is 5.01 Å². The first kappa shape index (κ1) is 8.52. The Morgan fingerprint density at radius 1 is 1.17 bits per heavy atom. The molecule has 0 aromatic carbocycles. The molecule has 0 aromatic rings. The minimum absolute atomic E-state index is 0.842. The Balaban J connectivity index is 1.66. The second-order valence-corrected chi connectivity index (χ2v) is 4.06. The van der Waals surface area contributed by atoms with Crippen LogP contribution in [0.15, 0.2) is 0 Å². The lowest BCUT2D eigenvalue weighted by molar-refractivity contribution is 0.157. The van der Waals surface area contributed by atoms with Gasteiger partial charge in [-0.05, 0) is 32.1 Å². The lowest BCUT2D eigenvalue weighted by Gasteiger charge is -2.19. The van der Waals surface area contributed by atoms with Crippen molar-refractivity contribution < 1.29 is 0 Å². The second-order valence-electron chi connectivity index (χ2n) is 4.06. The van der Waals surface area contributed by atoms with E-state index < -0.39 is 0 Å². The molecule has 0 bridgehead atoms. The van der Waals surface area contributed by atoms with E-state index in [2.05, 4.69) is 17.4 Å². The standard InChI is InChI=1S/C10H19N2/c1-2-3-8-11-12(9-4-5-9)10-6-7-10/h9-10H,2-8H2,1H3. The molecule has 12 heavy (non-hydrogen) atoms. The Labute approximate surface area is 75.3 Å².